The Labute approximate surface area is 238 Å². The molecule has 1 saturated heterocycles. The number of hydrogen-bond acceptors (Lipinski definition) is 10. The fraction of sp³-hybridized carbons (Fsp3) is 0.600. The number of thiocarbonyl (C=S) groups is 1. The first kappa shape index (κ1) is 28.9. The quantitative estimate of drug-likeness (QED) is 0.309. The zero-order valence-corrected chi connectivity index (χ0v) is 24.2. The van der Waals surface area contributed by atoms with E-state index in [-0.39, 0.29) is 37.2 Å². The van der Waals surface area contributed by atoms with E-state index in [2.05, 4.69) is 0 Å². The molecule has 3 fully saturated rings. The number of aliphatic hydroxyl groups is 2. The zero-order chi connectivity index (χ0) is 29.3. The van der Waals surface area contributed by atoms with Crippen LogP contribution >= 0.6 is 12.2 Å². The number of aliphatic hydroxyl groups excluding tert-OH is 1. The van der Waals surface area contributed by atoms with Gasteiger partial charge in [-0.1, -0.05) is 37.6 Å². The van der Waals surface area contributed by atoms with Gasteiger partial charge in [0.2, 0.25) is 0 Å². The molecule has 216 valence electrons. The van der Waals surface area contributed by atoms with Crippen molar-refractivity contribution in [3.63, 3.8) is 0 Å². The number of Topliss-reactive ketones (excluding diaryl/α,β-unsaturated/α-hetero) is 1. The second kappa shape index (κ2) is 9.72. The van der Waals surface area contributed by atoms with Gasteiger partial charge in [-0.15, -0.1) is 0 Å². The first-order valence-corrected chi connectivity index (χ1v) is 14.0. The van der Waals surface area contributed by atoms with E-state index in [4.69, 9.17) is 31.2 Å². The maximum Gasteiger partial charge on any atom is 0.338 e. The lowest BCUT2D eigenvalue weighted by Gasteiger charge is -2.67. The lowest BCUT2D eigenvalue weighted by molar-refractivity contribution is -0.343. The van der Waals surface area contributed by atoms with Crippen LogP contribution in [0.4, 0.5) is 0 Å². The van der Waals surface area contributed by atoms with Gasteiger partial charge in [0.05, 0.1) is 29.6 Å². The fourth-order valence-electron chi connectivity index (χ4n) is 7.72. The summed E-state index contributed by atoms with van der Waals surface area (Å²) in [6.07, 6.45) is -4.06. The zero-order valence-electron chi connectivity index (χ0n) is 23.3. The van der Waals surface area contributed by atoms with E-state index >= 15 is 0 Å². The maximum absolute atomic E-state index is 14.5. The van der Waals surface area contributed by atoms with E-state index in [9.17, 15) is 24.6 Å². The highest BCUT2D eigenvalue weighted by Crippen LogP contribution is 2.64. The number of carbonyl (C=O) groups excluding carboxylic acids is 3. The van der Waals surface area contributed by atoms with Gasteiger partial charge in [0.1, 0.15) is 35.2 Å². The summed E-state index contributed by atoms with van der Waals surface area (Å²) in [5, 5.41) is 23.9. The van der Waals surface area contributed by atoms with Crippen LogP contribution in [0.3, 0.4) is 0 Å². The summed E-state index contributed by atoms with van der Waals surface area (Å²) in [6.45, 7) is 8.24. The van der Waals surface area contributed by atoms with Gasteiger partial charge in [0.25, 0.3) is 0 Å². The van der Waals surface area contributed by atoms with Crippen LogP contribution in [-0.2, 0) is 28.5 Å². The largest absolute Gasteiger partial charge is 0.486 e. The van der Waals surface area contributed by atoms with Crippen molar-refractivity contribution >= 4 is 35.5 Å². The summed E-state index contributed by atoms with van der Waals surface area (Å²) in [5.41, 5.74) is -3.29. The minimum absolute atomic E-state index is 0.0603. The molecule has 10 heteroatoms. The number of benzene rings is 1. The van der Waals surface area contributed by atoms with Crippen molar-refractivity contribution < 1.29 is 43.5 Å². The summed E-state index contributed by atoms with van der Waals surface area (Å²) >= 11 is 5.03. The average Bonchev–Trinajstić information content (AvgIpc) is 2.89. The van der Waals surface area contributed by atoms with E-state index in [1.165, 1.54) is 6.92 Å². The van der Waals surface area contributed by atoms with Crippen LogP contribution in [0.2, 0.25) is 0 Å². The van der Waals surface area contributed by atoms with Gasteiger partial charge in [-0.05, 0) is 43.8 Å². The highest BCUT2D eigenvalue weighted by molar-refractivity contribution is 7.78. The summed E-state index contributed by atoms with van der Waals surface area (Å²) in [4.78, 5) is 40.7. The van der Waals surface area contributed by atoms with E-state index in [1.807, 2.05) is 0 Å². The molecule has 2 unspecified atom stereocenters. The van der Waals surface area contributed by atoms with Crippen molar-refractivity contribution in [3.05, 3.63) is 47.0 Å². The Morgan fingerprint density at radius 2 is 1.85 bits per heavy atom. The first-order chi connectivity index (χ1) is 18.7. The Morgan fingerprint density at radius 3 is 2.42 bits per heavy atom. The second-order valence-corrected chi connectivity index (χ2v) is 12.5. The Hall–Kier alpha value is -2.66. The van der Waals surface area contributed by atoms with Crippen molar-refractivity contribution in [1.82, 2.24) is 0 Å². The van der Waals surface area contributed by atoms with Gasteiger partial charge in [-0.3, -0.25) is 9.59 Å². The Balaban J connectivity index is 1.80. The molecule has 0 spiro atoms. The first-order valence-electron chi connectivity index (χ1n) is 13.5. The third kappa shape index (κ3) is 3.90. The molecule has 1 aromatic rings. The molecule has 8 atom stereocenters. The number of ketones is 1. The summed E-state index contributed by atoms with van der Waals surface area (Å²) in [5.74, 6) is -2.66. The molecule has 5 rings (SSSR count). The molecule has 0 aromatic heterocycles. The molecular formula is C30H36O9S. The molecule has 40 heavy (non-hydrogen) atoms. The van der Waals surface area contributed by atoms with Gasteiger partial charge >= 0.3 is 11.9 Å². The Kier molecular flexibility index (Phi) is 7.01. The molecule has 0 radical (unpaired) electrons. The van der Waals surface area contributed by atoms with Crippen molar-refractivity contribution in [2.45, 2.75) is 89.5 Å². The molecule has 1 heterocycles. The SMILES string of the molecule is CC(=O)O[C@@]12CO[C@@H]1C[C@H](OC=S)[C@@]1(C)C(=O)CC3=C(C)[C@@H](O)C[C@@](O)(C(OC(=O)c4ccccc4)C12)C3(C)C. The summed E-state index contributed by atoms with van der Waals surface area (Å²) < 4.78 is 24.1. The maximum atomic E-state index is 14.5. The highest BCUT2D eigenvalue weighted by Gasteiger charge is 2.77. The number of carbonyl (C=O) groups is 3. The van der Waals surface area contributed by atoms with Crippen LogP contribution in [0, 0.1) is 16.7 Å². The minimum atomic E-state index is -1.87. The Morgan fingerprint density at radius 1 is 1.18 bits per heavy atom. The minimum Gasteiger partial charge on any atom is -0.486 e. The third-order valence-corrected chi connectivity index (χ3v) is 10.3. The smallest absolute Gasteiger partial charge is 0.338 e. The van der Waals surface area contributed by atoms with Crippen molar-refractivity contribution in [2.75, 3.05) is 6.61 Å². The van der Waals surface area contributed by atoms with Crippen LogP contribution in [0.5, 0.6) is 0 Å². The predicted octanol–water partition coefficient (Wildman–Crippen LogP) is 3.09. The molecule has 2 N–H and O–H groups in total. The molecule has 1 aromatic carbocycles. The van der Waals surface area contributed by atoms with Crippen LogP contribution < -0.4 is 0 Å². The predicted molar refractivity (Wildman–Crippen MR) is 146 cm³/mol. The monoisotopic (exact) mass is 572 g/mol. The summed E-state index contributed by atoms with van der Waals surface area (Å²) in [6, 6.07) is 8.32. The summed E-state index contributed by atoms with van der Waals surface area (Å²) in [7, 11) is 0. The number of esters is 2. The van der Waals surface area contributed by atoms with E-state index < -0.39 is 64.3 Å². The van der Waals surface area contributed by atoms with Crippen LogP contribution in [0.25, 0.3) is 0 Å². The van der Waals surface area contributed by atoms with Crippen LogP contribution in [0.1, 0.15) is 64.2 Å². The molecule has 2 saturated carbocycles. The fourth-order valence-corrected chi connectivity index (χ4v) is 7.86. The normalized spacial score (nSPS) is 39.9. The molecular weight excluding hydrogens is 536 g/mol. The van der Waals surface area contributed by atoms with Gasteiger partial charge in [0.15, 0.2) is 5.60 Å². The topological polar surface area (TPSA) is 129 Å². The van der Waals surface area contributed by atoms with Crippen molar-refractivity contribution in [2.24, 2.45) is 16.7 Å². The van der Waals surface area contributed by atoms with Crippen molar-refractivity contribution in [3.8, 4) is 0 Å². The number of rotatable bonds is 5. The lowest BCUT2D eigenvalue weighted by atomic mass is 9.45. The molecule has 0 amide bonds. The van der Waals surface area contributed by atoms with Gasteiger partial charge in [0, 0.05) is 31.6 Å². The van der Waals surface area contributed by atoms with Crippen LogP contribution in [0.15, 0.2) is 41.5 Å². The Bertz CT molecular complexity index is 1270. The van der Waals surface area contributed by atoms with Crippen molar-refractivity contribution in [1.29, 1.82) is 0 Å². The van der Waals surface area contributed by atoms with Gasteiger partial charge < -0.3 is 29.2 Å². The standard InChI is InChI=1S/C30H36O9S/c1-16-19-11-21(33)28(5)22(37-15-40)12-23-29(14-36-23,39-17(2)31)24(28)25(30(35,13-20(16)32)27(19,3)4)38-26(34)18-9-7-6-8-10-18/h6-10,15,20,22-25,32,35H,11-14H2,1-5H3/t20-,22-,23+,24?,25?,28+,29-,30+/m0/s1. The van der Waals surface area contributed by atoms with E-state index in [0.717, 1.165) is 5.55 Å². The average molecular weight is 573 g/mol. The van der Waals surface area contributed by atoms with Gasteiger partial charge in [-0.2, -0.15) is 0 Å². The van der Waals surface area contributed by atoms with E-state index in [1.54, 1.807) is 58.0 Å². The lowest BCUT2D eigenvalue weighted by Crippen LogP contribution is -2.81. The van der Waals surface area contributed by atoms with Crippen LogP contribution in [-0.4, -0.2) is 75.7 Å². The van der Waals surface area contributed by atoms with E-state index in [0.29, 0.717) is 11.1 Å². The second-order valence-electron chi connectivity index (χ2n) is 12.3. The molecule has 4 aliphatic rings. The number of fused-ring (bicyclic) bond motifs is 5. The molecule has 2 bridgehead atoms. The number of ether oxygens (including phenoxy) is 4. The molecule has 9 nitrogen and oxygen atoms in total. The third-order valence-electron chi connectivity index (χ3n) is 10.2. The molecule has 3 aliphatic carbocycles. The molecule has 1 aliphatic heterocycles. The highest BCUT2D eigenvalue weighted by atomic mass is 32.1. The number of hydrogen-bond donors (Lipinski definition) is 2. The van der Waals surface area contributed by atoms with Gasteiger partial charge in [-0.25, -0.2) is 4.79 Å².